The summed E-state index contributed by atoms with van der Waals surface area (Å²) in [5.41, 5.74) is 7.51. The Morgan fingerprint density at radius 2 is 1.81 bits per heavy atom. The number of thiophene rings is 1. The molecule has 0 radical (unpaired) electrons. The number of hydrogen-bond acceptors (Lipinski definition) is 5. The van der Waals surface area contributed by atoms with Crippen LogP contribution >= 0.6 is 11.3 Å². The molecule has 1 aliphatic carbocycles. The molecule has 2 amide bonds. The lowest BCUT2D eigenvalue weighted by molar-refractivity contribution is 0.100. The number of amides is 2. The van der Waals surface area contributed by atoms with E-state index in [9.17, 15) is 9.59 Å². The van der Waals surface area contributed by atoms with Gasteiger partial charge >= 0.3 is 0 Å². The third-order valence-corrected chi connectivity index (χ3v) is 5.86. The number of aryl methyl sites for hydroxylation is 1. The number of nitrogens with one attached hydrogen (secondary N) is 1. The van der Waals surface area contributed by atoms with Gasteiger partial charge in [0, 0.05) is 16.9 Å². The highest BCUT2D eigenvalue weighted by Crippen LogP contribution is 2.38. The van der Waals surface area contributed by atoms with E-state index < -0.39 is 5.91 Å². The van der Waals surface area contributed by atoms with E-state index >= 15 is 0 Å². The van der Waals surface area contributed by atoms with Crippen molar-refractivity contribution in [3.8, 4) is 11.5 Å². The van der Waals surface area contributed by atoms with Crippen molar-refractivity contribution >= 4 is 28.2 Å². The lowest BCUT2D eigenvalue weighted by Gasteiger charge is -2.11. The number of nitrogens with two attached hydrogens (primary N) is 1. The fourth-order valence-corrected chi connectivity index (χ4v) is 4.68. The topological polar surface area (TPSA) is 90.7 Å². The zero-order valence-corrected chi connectivity index (χ0v) is 15.1. The minimum absolute atomic E-state index is 0.290. The van der Waals surface area contributed by atoms with E-state index in [1.54, 1.807) is 18.2 Å². The van der Waals surface area contributed by atoms with Gasteiger partial charge in [-0.25, -0.2) is 0 Å². The predicted octanol–water partition coefficient (Wildman–Crippen LogP) is 3.14. The van der Waals surface area contributed by atoms with Crippen molar-refractivity contribution in [2.75, 3.05) is 18.5 Å². The van der Waals surface area contributed by atoms with E-state index in [1.165, 1.54) is 11.3 Å². The number of benzene rings is 1. The quantitative estimate of drug-likeness (QED) is 0.866. The van der Waals surface area contributed by atoms with Gasteiger partial charge in [-0.15, -0.1) is 11.3 Å². The highest BCUT2D eigenvalue weighted by atomic mass is 32.1. The molecule has 1 aliphatic heterocycles. The summed E-state index contributed by atoms with van der Waals surface area (Å²) in [6.07, 6.45) is 4.71. The van der Waals surface area contributed by atoms with Crippen LogP contribution in [0.4, 0.5) is 5.00 Å². The molecule has 1 aromatic heterocycles. The van der Waals surface area contributed by atoms with Gasteiger partial charge < -0.3 is 20.5 Å². The highest BCUT2D eigenvalue weighted by Gasteiger charge is 2.25. The van der Waals surface area contributed by atoms with E-state index in [2.05, 4.69) is 5.32 Å². The van der Waals surface area contributed by atoms with Gasteiger partial charge in [0.1, 0.15) is 5.00 Å². The third-order valence-electron chi connectivity index (χ3n) is 4.65. The molecule has 2 aromatic rings. The minimum Gasteiger partial charge on any atom is -0.490 e. The van der Waals surface area contributed by atoms with Gasteiger partial charge in [-0.1, -0.05) is 0 Å². The van der Waals surface area contributed by atoms with Crippen molar-refractivity contribution in [2.24, 2.45) is 5.73 Å². The zero-order valence-electron chi connectivity index (χ0n) is 14.3. The molecule has 0 saturated carbocycles. The van der Waals surface area contributed by atoms with Crippen molar-refractivity contribution in [3.05, 3.63) is 39.8 Å². The minimum atomic E-state index is -0.488. The number of anilines is 1. The molecule has 4 rings (SSSR count). The molecule has 0 atom stereocenters. The Balaban J connectivity index is 1.62. The summed E-state index contributed by atoms with van der Waals surface area (Å²) in [5.74, 6) is 0.430. The van der Waals surface area contributed by atoms with Gasteiger partial charge in [-0.2, -0.15) is 0 Å². The Bertz CT molecular complexity index is 875. The van der Waals surface area contributed by atoms with Crippen molar-refractivity contribution < 1.29 is 19.1 Å². The maximum absolute atomic E-state index is 12.7. The maximum atomic E-state index is 12.7. The average molecular weight is 372 g/mol. The molecule has 136 valence electrons. The van der Waals surface area contributed by atoms with Gasteiger partial charge in [-0.3, -0.25) is 9.59 Å². The van der Waals surface area contributed by atoms with Gasteiger partial charge in [0.2, 0.25) is 0 Å². The summed E-state index contributed by atoms with van der Waals surface area (Å²) in [6.45, 7) is 1.16. The second kappa shape index (κ2) is 6.99. The van der Waals surface area contributed by atoms with Crippen LogP contribution in [0, 0.1) is 0 Å². The van der Waals surface area contributed by atoms with Crippen LogP contribution in [0.1, 0.15) is 50.4 Å². The molecule has 1 aromatic carbocycles. The normalized spacial score (nSPS) is 15.7. The first-order valence-electron chi connectivity index (χ1n) is 8.79. The van der Waals surface area contributed by atoms with Crippen LogP contribution in [0.5, 0.6) is 11.5 Å². The van der Waals surface area contributed by atoms with Crippen LogP contribution in [0.3, 0.4) is 0 Å². The largest absolute Gasteiger partial charge is 0.490 e. The number of fused-ring (bicyclic) bond motifs is 2. The van der Waals surface area contributed by atoms with Crippen LogP contribution in [0.25, 0.3) is 0 Å². The number of primary amides is 1. The molecule has 0 bridgehead atoms. The fourth-order valence-electron chi connectivity index (χ4n) is 3.39. The zero-order chi connectivity index (χ0) is 18.1. The molecule has 3 N–H and O–H groups in total. The molecule has 2 aliphatic rings. The summed E-state index contributed by atoms with van der Waals surface area (Å²) in [6, 6.07) is 5.11. The Morgan fingerprint density at radius 3 is 2.62 bits per heavy atom. The fraction of sp³-hybridized carbons (Fsp3) is 0.368. The number of rotatable bonds is 3. The lowest BCUT2D eigenvalue weighted by atomic mass is 9.95. The van der Waals surface area contributed by atoms with E-state index in [0.717, 1.165) is 42.5 Å². The Hall–Kier alpha value is -2.54. The summed E-state index contributed by atoms with van der Waals surface area (Å²) in [7, 11) is 0. The predicted molar refractivity (Wildman–Crippen MR) is 99.5 cm³/mol. The van der Waals surface area contributed by atoms with Gasteiger partial charge in [0.15, 0.2) is 11.5 Å². The second-order valence-corrected chi connectivity index (χ2v) is 7.55. The van der Waals surface area contributed by atoms with E-state index in [4.69, 9.17) is 15.2 Å². The van der Waals surface area contributed by atoms with E-state index in [-0.39, 0.29) is 5.91 Å². The molecule has 0 unspecified atom stereocenters. The van der Waals surface area contributed by atoms with E-state index in [1.807, 2.05) is 0 Å². The molecule has 0 fully saturated rings. The Labute approximate surface area is 155 Å². The summed E-state index contributed by atoms with van der Waals surface area (Å²) >= 11 is 1.46. The highest BCUT2D eigenvalue weighted by molar-refractivity contribution is 7.17. The Kier molecular flexibility index (Phi) is 4.55. The summed E-state index contributed by atoms with van der Waals surface area (Å²) in [4.78, 5) is 25.8. The van der Waals surface area contributed by atoms with Crippen molar-refractivity contribution in [3.63, 3.8) is 0 Å². The maximum Gasteiger partial charge on any atom is 0.256 e. The van der Waals surface area contributed by atoms with Crippen LogP contribution in [0.2, 0.25) is 0 Å². The van der Waals surface area contributed by atoms with Crippen LogP contribution in [-0.4, -0.2) is 25.0 Å². The molecule has 7 heteroatoms. The molecule has 26 heavy (non-hydrogen) atoms. The van der Waals surface area contributed by atoms with Gasteiger partial charge in [0.05, 0.1) is 18.8 Å². The number of ether oxygens (including phenoxy) is 2. The molecular formula is C19H20N2O4S. The third kappa shape index (κ3) is 3.14. The van der Waals surface area contributed by atoms with Crippen LogP contribution in [0.15, 0.2) is 18.2 Å². The molecule has 0 spiro atoms. The molecular weight excluding hydrogens is 352 g/mol. The smallest absolute Gasteiger partial charge is 0.256 e. The Morgan fingerprint density at radius 1 is 1.04 bits per heavy atom. The van der Waals surface area contributed by atoms with E-state index in [0.29, 0.717) is 40.8 Å². The first-order valence-corrected chi connectivity index (χ1v) is 9.60. The van der Waals surface area contributed by atoms with Crippen LogP contribution in [-0.2, 0) is 12.8 Å². The monoisotopic (exact) mass is 372 g/mol. The first kappa shape index (κ1) is 16.9. The van der Waals surface area contributed by atoms with Crippen molar-refractivity contribution in [1.29, 1.82) is 0 Å². The summed E-state index contributed by atoms with van der Waals surface area (Å²) < 4.78 is 11.2. The second-order valence-electron chi connectivity index (χ2n) is 6.45. The van der Waals surface area contributed by atoms with Crippen molar-refractivity contribution in [2.45, 2.75) is 32.1 Å². The van der Waals surface area contributed by atoms with Crippen LogP contribution < -0.4 is 20.5 Å². The average Bonchev–Trinajstić information content (AvgIpc) is 2.83. The lowest BCUT2D eigenvalue weighted by Crippen LogP contribution is -2.18. The SMILES string of the molecule is NC(=O)c1c(NC(=O)c2ccc3c(c2)OCCCO3)sc2c1CCCC2. The number of hydrogen-bond donors (Lipinski definition) is 2. The standard InChI is InChI=1S/C19H20N2O4S/c20-17(22)16-12-4-1-2-5-15(12)26-19(16)21-18(23)11-6-7-13-14(10-11)25-9-3-8-24-13/h6-7,10H,1-5,8-9H2,(H2,20,22)(H,21,23). The van der Waals surface area contributed by atoms with Gasteiger partial charge in [-0.05, 0) is 49.4 Å². The number of carbonyl (C=O) groups excluding carboxylic acids is 2. The van der Waals surface area contributed by atoms with Crippen molar-refractivity contribution in [1.82, 2.24) is 0 Å². The molecule has 6 nitrogen and oxygen atoms in total. The van der Waals surface area contributed by atoms with Gasteiger partial charge in [0.25, 0.3) is 11.8 Å². The molecule has 2 heterocycles. The summed E-state index contributed by atoms with van der Waals surface area (Å²) in [5, 5.41) is 3.41. The molecule has 0 saturated heterocycles. The number of carbonyl (C=O) groups is 2. The first-order chi connectivity index (χ1) is 12.6.